The average molecular weight is 370 g/mol. The maximum Gasteiger partial charge on any atom is 0.264 e. The highest BCUT2D eigenvalue weighted by Gasteiger charge is 2.11. The molecule has 6 nitrogen and oxygen atoms in total. The molecule has 0 atom stereocenters. The molecule has 1 heterocycles. The number of carbonyl (C=O) groups is 1. The van der Waals surface area contributed by atoms with E-state index in [0.29, 0.717) is 16.6 Å². The number of rotatable bonds is 7. The van der Waals surface area contributed by atoms with Gasteiger partial charge in [0.1, 0.15) is 17.2 Å². The number of nitrogens with one attached hydrogen (secondary N) is 1. The zero-order valence-corrected chi connectivity index (χ0v) is 15.2. The van der Waals surface area contributed by atoms with Crippen LogP contribution >= 0.6 is 11.3 Å². The summed E-state index contributed by atoms with van der Waals surface area (Å²) in [5, 5.41) is 5.12. The van der Waals surface area contributed by atoms with Crippen molar-refractivity contribution >= 4 is 22.4 Å². The fraction of sp³-hybridized carbons (Fsp3) is 0.158. The van der Waals surface area contributed by atoms with Gasteiger partial charge in [-0.25, -0.2) is 4.98 Å². The summed E-state index contributed by atoms with van der Waals surface area (Å²) in [5.74, 6) is 1.68. The van der Waals surface area contributed by atoms with Crippen LogP contribution in [0.4, 0.5) is 5.13 Å². The van der Waals surface area contributed by atoms with E-state index in [2.05, 4.69) is 10.3 Å². The Labute approximate surface area is 155 Å². The lowest BCUT2D eigenvalue weighted by atomic mass is 10.1. The van der Waals surface area contributed by atoms with E-state index in [1.54, 1.807) is 32.4 Å². The van der Waals surface area contributed by atoms with Gasteiger partial charge in [0.15, 0.2) is 11.7 Å². The molecule has 26 heavy (non-hydrogen) atoms. The highest BCUT2D eigenvalue weighted by atomic mass is 32.1. The van der Waals surface area contributed by atoms with Crippen LogP contribution in [0, 0.1) is 0 Å². The lowest BCUT2D eigenvalue weighted by molar-refractivity contribution is -0.118. The highest BCUT2D eigenvalue weighted by molar-refractivity contribution is 7.14. The van der Waals surface area contributed by atoms with Gasteiger partial charge in [-0.05, 0) is 24.3 Å². The molecule has 2 aromatic carbocycles. The van der Waals surface area contributed by atoms with E-state index in [9.17, 15) is 4.79 Å². The highest BCUT2D eigenvalue weighted by Crippen LogP contribution is 2.31. The molecular formula is C19H18N2O4S. The number of amides is 1. The van der Waals surface area contributed by atoms with Crippen LogP contribution in [0.1, 0.15) is 0 Å². The number of para-hydroxylation sites is 1. The van der Waals surface area contributed by atoms with Gasteiger partial charge in [-0.2, -0.15) is 0 Å². The maximum absolute atomic E-state index is 12.1. The van der Waals surface area contributed by atoms with Crippen molar-refractivity contribution in [3.8, 4) is 28.5 Å². The van der Waals surface area contributed by atoms with Crippen molar-refractivity contribution in [2.24, 2.45) is 0 Å². The Morgan fingerprint density at radius 1 is 1.08 bits per heavy atom. The summed E-state index contributed by atoms with van der Waals surface area (Å²) < 4.78 is 15.9. The van der Waals surface area contributed by atoms with E-state index < -0.39 is 0 Å². The molecular weight excluding hydrogens is 352 g/mol. The van der Waals surface area contributed by atoms with Crippen molar-refractivity contribution in [3.63, 3.8) is 0 Å². The lowest BCUT2D eigenvalue weighted by Gasteiger charge is -2.07. The third-order valence-corrected chi connectivity index (χ3v) is 4.30. The standard InChI is InChI=1S/C19H18N2O4S/c1-23-13-6-5-7-14(10-13)25-11-18(22)21-19-20-16(12-26-19)15-8-3-4-9-17(15)24-2/h3-10,12H,11H2,1-2H3,(H,20,21,22). The summed E-state index contributed by atoms with van der Waals surface area (Å²) in [7, 11) is 3.19. The Kier molecular flexibility index (Phi) is 5.70. The molecule has 0 saturated heterocycles. The lowest BCUT2D eigenvalue weighted by Crippen LogP contribution is -2.20. The smallest absolute Gasteiger partial charge is 0.264 e. The summed E-state index contributed by atoms with van der Waals surface area (Å²) in [4.78, 5) is 16.5. The van der Waals surface area contributed by atoms with Crippen molar-refractivity contribution in [2.75, 3.05) is 26.1 Å². The molecule has 0 aliphatic carbocycles. The molecule has 3 rings (SSSR count). The zero-order valence-electron chi connectivity index (χ0n) is 14.4. The second kappa shape index (κ2) is 8.35. The molecule has 0 aliphatic rings. The third-order valence-electron chi connectivity index (χ3n) is 3.54. The first-order valence-corrected chi connectivity index (χ1v) is 8.73. The van der Waals surface area contributed by atoms with Gasteiger partial charge in [-0.3, -0.25) is 10.1 Å². The average Bonchev–Trinajstić information content (AvgIpc) is 3.14. The van der Waals surface area contributed by atoms with E-state index in [-0.39, 0.29) is 12.5 Å². The second-order valence-corrected chi connectivity index (χ2v) is 6.11. The molecule has 7 heteroatoms. The van der Waals surface area contributed by atoms with Crippen LogP contribution in [0.15, 0.2) is 53.9 Å². The first kappa shape index (κ1) is 17.8. The number of carbonyl (C=O) groups excluding carboxylic acids is 1. The van der Waals surface area contributed by atoms with E-state index in [4.69, 9.17) is 14.2 Å². The molecule has 1 N–H and O–H groups in total. The van der Waals surface area contributed by atoms with Crippen molar-refractivity contribution in [3.05, 3.63) is 53.9 Å². The number of anilines is 1. The number of thiazole rings is 1. The Balaban J connectivity index is 1.61. The van der Waals surface area contributed by atoms with Crippen LogP contribution in [-0.2, 0) is 4.79 Å². The van der Waals surface area contributed by atoms with Gasteiger partial charge in [-0.15, -0.1) is 11.3 Å². The van der Waals surface area contributed by atoms with Gasteiger partial charge < -0.3 is 14.2 Å². The molecule has 0 radical (unpaired) electrons. The second-order valence-electron chi connectivity index (χ2n) is 5.25. The Hall–Kier alpha value is -3.06. The summed E-state index contributed by atoms with van der Waals surface area (Å²) in [6.45, 7) is -0.114. The molecule has 0 saturated carbocycles. The summed E-state index contributed by atoms with van der Waals surface area (Å²) in [6.07, 6.45) is 0. The Morgan fingerprint density at radius 2 is 1.88 bits per heavy atom. The number of ether oxygens (including phenoxy) is 3. The molecule has 1 amide bonds. The van der Waals surface area contributed by atoms with Crippen LogP contribution < -0.4 is 19.5 Å². The molecule has 134 valence electrons. The van der Waals surface area contributed by atoms with Gasteiger partial charge in [0.05, 0.1) is 19.9 Å². The van der Waals surface area contributed by atoms with Crippen LogP contribution in [0.2, 0.25) is 0 Å². The SMILES string of the molecule is COc1cccc(OCC(=O)Nc2nc(-c3ccccc3OC)cs2)c1. The summed E-state index contributed by atoms with van der Waals surface area (Å²) in [6, 6.07) is 14.7. The number of hydrogen-bond acceptors (Lipinski definition) is 6. The monoisotopic (exact) mass is 370 g/mol. The van der Waals surface area contributed by atoms with Crippen LogP contribution in [0.5, 0.6) is 17.2 Å². The number of nitrogens with zero attached hydrogens (tertiary/aromatic N) is 1. The van der Waals surface area contributed by atoms with Crippen molar-refractivity contribution in [1.29, 1.82) is 0 Å². The van der Waals surface area contributed by atoms with Crippen molar-refractivity contribution in [1.82, 2.24) is 4.98 Å². The first-order chi connectivity index (χ1) is 12.7. The number of hydrogen-bond donors (Lipinski definition) is 1. The van der Waals surface area contributed by atoms with E-state index in [1.165, 1.54) is 11.3 Å². The van der Waals surface area contributed by atoms with Crippen LogP contribution in [0.25, 0.3) is 11.3 Å². The zero-order chi connectivity index (χ0) is 18.4. The van der Waals surface area contributed by atoms with Crippen LogP contribution in [-0.4, -0.2) is 31.7 Å². The first-order valence-electron chi connectivity index (χ1n) is 7.85. The van der Waals surface area contributed by atoms with Gasteiger partial charge in [0.25, 0.3) is 5.91 Å². The van der Waals surface area contributed by atoms with Gasteiger partial charge in [0, 0.05) is 17.0 Å². The predicted molar refractivity (Wildman–Crippen MR) is 101 cm³/mol. The number of methoxy groups -OCH3 is 2. The summed E-state index contributed by atoms with van der Waals surface area (Å²) >= 11 is 1.35. The minimum Gasteiger partial charge on any atom is -0.497 e. The predicted octanol–water partition coefficient (Wildman–Crippen LogP) is 3.84. The molecule has 3 aromatic rings. The summed E-state index contributed by atoms with van der Waals surface area (Å²) in [5.41, 5.74) is 1.62. The van der Waals surface area contributed by atoms with E-state index >= 15 is 0 Å². The quantitative estimate of drug-likeness (QED) is 0.684. The van der Waals surface area contributed by atoms with Gasteiger partial charge >= 0.3 is 0 Å². The Morgan fingerprint density at radius 3 is 2.69 bits per heavy atom. The number of benzene rings is 2. The molecule has 0 bridgehead atoms. The van der Waals surface area contributed by atoms with E-state index in [1.807, 2.05) is 35.7 Å². The van der Waals surface area contributed by atoms with E-state index in [0.717, 1.165) is 17.0 Å². The molecule has 0 aliphatic heterocycles. The minimum atomic E-state index is -0.284. The molecule has 0 fully saturated rings. The number of aromatic nitrogens is 1. The fourth-order valence-electron chi connectivity index (χ4n) is 2.31. The Bertz CT molecular complexity index is 895. The van der Waals surface area contributed by atoms with Crippen molar-refractivity contribution < 1.29 is 19.0 Å². The largest absolute Gasteiger partial charge is 0.497 e. The van der Waals surface area contributed by atoms with Gasteiger partial charge in [-0.1, -0.05) is 18.2 Å². The molecule has 0 spiro atoms. The maximum atomic E-state index is 12.1. The minimum absolute atomic E-state index is 0.114. The topological polar surface area (TPSA) is 69.7 Å². The normalized spacial score (nSPS) is 10.2. The van der Waals surface area contributed by atoms with Crippen LogP contribution in [0.3, 0.4) is 0 Å². The molecule has 0 unspecified atom stereocenters. The molecule has 1 aromatic heterocycles. The fourth-order valence-corrected chi connectivity index (χ4v) is 3.03. The van der Waals surface area contributed by atoms with Gasteiger partial charge in [0.2, 0.25) is 0 Å². The third kappa shape index (κ3) is 4.31. The van der Waals surface area contributed by atoms with Crippen molar-refractivity contribution in [2.45, 2.75) is 0 Å².